The molecule has 35 heavy (non-hydrogen) atoms. The number of carbonyl (C=O) groups excluding carboxylic acids is 1. The highest BCUT2D eigenvalue weighted by atomic mass is 16.2. The maximum atomic E-state index is 13.0. The number of H-pyrrole nitrogens is 1. The van der Waals surface area contributed by atoms with Gasteiger partial charge in [0.2, 0.25) is 5.91 Å². The van der Waals surface area contributed by atoms with E-state index in [2.05, 4.69) is 47.0 Å². The zero-order chi connectivity index (χ0) is 24.8. The highest BCUT2D eigenvalue weighted by molar-refractivity contribution is 5.87. The zero-order valence-electron chi connectivity index (χ0n) is 21.3. The van der Waals surface area contributed by atoms with E-state index in [1.54, 1.807) is 12.3 Å². The number of nitrogens with zero attached hydrogens (tertiary/aromatic N) is 3. The molecule has 2 aromatic heterocycles. The summed E-state index contributed by atoms with van der Waals surface area (Å²) in [6.07, 6.45) is 12.4. The summed E-state index contributed by atoms with van der Waals surface area (Å²) in [4.78, 5) is 37.5. The minimum absolute atomic E-state index is 0.0539. The molecule has 7 heteroatoms. The number of pyridine rings is 2. The van der Waals surface area contributed by atoms with Gasteiger partial charge in [0, 0.05) is 68.0 Å². The second-order valence-corrected chi connectivity index (χ2v) is 10.1. The Morgan fingerprint density at radius 2 is 2.11 bits per heavy atom. The van der Waals surface area contributed by atoms with Gasteiger partial charge in [-0.2, -0.15) is 0 Å². The van der Waals surface area contributed by atoms with Crippen molar-refractivity contribution in [3.8, 4) is 11.1 Å². The number of nitrogens with one attached hydrogen (secondary N) is 2. The van der Waals surface area contributed by atoms with Gasteiger partial charge in [-0.1, -0.05) is 26.8 Å². The smallest absolute Gasteiger partial charge is 0.271 e. The van der Waals surface area contributed by atoms with E-state index in [-0.39, 0.29) is 17.5 Å². The van der Waals surface area contributed by atoms with Gasteiger partial charge in [-0.25, -0.2) is 0 Å². The number of amides is 1. The second-order valence-electron chi connectivity index (χ2n) is 10.1. The average molecular weight is 478 g/mol. The fourth-order valence-electron chi connectivity index (χ4n) is 4.70. The lowest BCUT2D eigenvalue weighted by Gasteiger charge is -2.40. The van der Waals surface area contributed by atoms with Gasteiger partial charge in [0.15, 0.2) is 0 Å². The summed E-state index contributed by atoms with van der Waals surface area (Å²) in [5, 5.41) is 3.31. The highest BCUT2D eigenvalue weighted by Crippen LogP contribution is 2.34. The van der Waals surface area contributed by atoms with Crippen molar-refractivity contribution in [2.45, 2.75) is 65.0 Å². The molecule has 0 unspecified atom stereocenters. The maximum absolute atomic E-state index is 13.0. The minimum Gasteiger partial charge on any atom is -0.362 e. The van der Waals surface area contributed by atoms with Crippen molar-refractivity contribution in [2.24, 2.45) is 5.92 Å². The third-order valence-electron chi connectivity index (χ3n) is 6.91. The number of hydrogen-bond donors (Lipinski definition) is 2. The van der Waals surface area contributed by atoms with E-state index in [9.17, 15) is 9.59 Å². The first kappa shape index (κ1) is 25.2. The van der Waals surface area contributed by atoms with Crippen LogP contribution in [-0.2, 0) is 11.2 Å². The van der Waals surface area contributed by atoms with Gasteiger partial charge in [0.25, 0.3) is 5.56 Å². The van der Waals surface area contributed by atoms with E-state index in [1.807, 2.05) is 29.3 Å². The van der Waals surface area contributed by atoms with Crippen LogP contribution in [0.15, 0.2) is 47.5 Å². The van der Waals surface area contributed by atoms with E-state index < -0.39 is 0 Å². The predicted molar refractivity (Wildman–Crippen MR) is 142 cm³/mol. The Morgan fingerprint density at radius 3 is 2.86 bits per heavy atom. The molecule has 3 heterocycles. The third kappa shape index (κ3) is 6.82. The number of aryl methyl sites for hydroxylation is 1. The number of anilines is 1. The van der Waals surface area contributed by atoms with E-state index in [4.69, 9.17) is 0 Å². The molecule has 1 aliphatic carbocycles. The lowest BCUT2D eigenvalue weighted by atomic mass is 10.0. The molecule has 1 saturated carbocycles. The van der Waals surface area contributed by atoms with E-state index >= 15 is 0 Å². The quantitative estimate of drug-likeness (QED) is 0.509. The lowest BCUT2D eigenvalue weighted by Crippen LogP contribution is -2.51. The molecule has 7 nitrogen and oxygen atoms in total. The Bertz CT molecular complexity index is 1090. The van der Waals surface area contributed by atoms with Crippen LogP contribution in [0.5, 0.6) is 0 Å². The fourth-order valence-corrected chi connectivity index (χ4v) is 4.70. The second kappa shape index (κ2) is 11.7. The Morgan fingerprint density at radius 1 is 1.29 bits per heavy atom. The van der Waals surface area contributed by atoms with Crippen LogP contribution in [0.4, 0.5) is 5.69 Å². The van der Waals surface area contributed by atoms with Crippen molar-refractivity contribution >= 4 is 11.6 Å². The van der Waals surface area contributed by atoms with Gasteiger partial charge in [0.1, 0.15) is 5.69 Å². The van der Waals surface area contributed by atoms with Crippen molar-refractivity contribution in [3.05, 3.63) is 58.8 Å². The Kier molecular flexibility index (Phi) is 8.39. The average Bonchev–Trinajstić information content (AvgIpc) is 3.70. The SMILES string of the molecule is CCc1cc(-c2c[nH]c(=O)c(N(CC3CC3)[C@H]3CCCN(C(=O)/C=C/CNC(C)C)C3)c2)ccn1. The third-order valence-corrected chi connectivity index (χ3v) is 6.91. The van der Waals surface area contributed by atoms with Crippen LogP contribution in [0.1, 0.15) is 52.1 Å². The van der Waals surface area contributed by atoms with Gasteiger partial charge < -0.3 is 20.1 Å². The molecule has 2 fully saturated rings. The number of carbonyl (C=O) groups is 1. The van der Waals surface area contributed by atoms with Gasteiger partial charge in [-0.15, -0.1) is 0 Å². The van der Waals surface area contributed by atoms with Gasteiger partial charge in [-0.05, 0) is 61.8 Å². The zero-order valence-corrected chi connectivity index (χ0v) is 21.3. The molecular formula is C28H39N5O2. The number of hydrogen-bond acceptors (Lipinski definition) is 5. The Balaban J connectivity index is 1.55. The van der Waals surface area contributed by atoms with Crippen LogP contribution in [0.2, 0.25) is 0 Å². The molecule has 1 amide bonds. The standard InChI is InChI=1S/C28H39N5O2/c1-4-24-15-22(11-13-30-24)23-16-26(28(35)31-17-23)33(18-21-9-10-21)25-7-6-14-32(19-25)27(34)8-5-12-29-20(2)3/h5,8,11,13,15-17,20-21,25,29H,4,6-7,9-10,12,14,18-19H2,1-3H3,(H,31,35)/b8-5+/t25-/m0/s1. The van der Waals surface area contributed by atoms with Crippen molar-refractivity contribution in [1.29, 1.82) is 0 Å². The molecule has 0 bridgehead atoms. The normalized spacial score (nSPS) is 18.4. The topological polar surface area (TPSA) is 81.3 Å². The monoisotopic (exact) mass is 477 g/mol. The predicted octanol–water partition coefficient (Wildman–Crippen LogP) is 3.76. The van der Waals surface area contributed by atoms with Crippen LogP contribution in [-0.4, -0.2) is 59.0 Å². The van der Waals surface area contributed by atoms with Crippen LogP contribution in [0, 0.1) is 5.92 Å². The first-order valence-corrected chi connectivity index (χ1v) is 13.1. The summed E-state index contributed by atoms with van der Waals surface area (Å²) in [6.45, 7) is 9.23. The number of rotatable bonds is 10. The first-order valence-electron chi connectivity index (χ1n) is 13.1. The van der Waals surface area contributed by atoms with Crippen molar-refractivity contribution < 1.29 is 4.79 Å². The van der Waals surface area contributed by atoms with E-state index in [1.165, 1.54) is 12.8 Å². The van der Waals surface area contributed by atoms with Crippen molar-refractivity contribution in [1.82, 2.24) is 20.2 Å². The first-order chi connectivity index (χ1) is 16.9. The Labute approximate surface area is 208 Å². The van der Waals surface area contributed by atoms with Gasteiger partial charge >= 0.3 is 0 Å². The fraction of sp³-hybridized carbons (Fsp3) is 0.536. The molecule has 2 aliphatic rings. The molecule has 188 valence electrons. The molecule has 2 aromatic rings. The van der Waals surface area contributed by atoms with Gasteiger partial charge in [-0.3, -0.25) is 14.6 Å². The summed E-state index contributed by atoms with van der Waals surface area (Å²) >= 11 is 0. The number of aromatic nitrogens is 2. The number of aromatic amines is 1. The largest absolute Gasteiger partial charge is 0.362 e. The van der Waals surface area contributed by atoms with Crippen LogP contribution < -0.4 is 15.8 Å². The number of piperidine rings is 1. The van der Waals surface area contributed by atoms with Crippen LogP contribution in [0.3, 0.4) is 0 Å². The van der Waals surface area contributed by atoms with Crippen molar-refractivity contribution in [2.75, 3.05) is 31.1 Å². The van der Waals surface area contributed by atoms with Crippen molar-refractivity contribution in [3.63, 3.8) is 0 Å². The van der Waals surface area contributed by atoms with Crippen LogP contribution >= 0.6 is 0 Å². The molecule has 4 rings (SSSR count). The summed E-state index contributed by atoms with van der Waals surface area (Å²) in [6, 6.07) is 6.62. The van der Waals surface area contributed by atoms with E-state index in [0.29, 0.717) is 30.7 Å². The van der Waals surface area contributed by atoms with Gasteiger partial charge in [0.05, 0.1) is 0 Å². The molecule has 1 aliphatic heterocycles. The molecular weight excluding hydrogens is 438 g/mol. The lowest BCUT2D eigenvalue weighted by molar-refractivity contribution is -0.127. The molecule has 1 saturated heterocycles. The molecule has 0 aromatic carbocycles. The molecule has 1 atom stereocenters. The molecule has 0 radical (unpaired) electrons. The minimum atomic E-state index is -0.0673. The van der Waals surface area contributed by atoms with E-state index in [0.717, 1.165) is 49.2 Å². The summed E-state index contributed by atoms with van der Waals surface area (Å²) in [5.74, 6) is 0.678. The van der Waals surface area contributed by atoms with Crippen LogP contribution in [0.25, 0.3) is 11.1 Å². The summed E-state index contributed by atoms with van der Waals surface area (Å²) in [5.41, 5.74) is 3.72. The number of likely N-dealkylation sites (tertiary alicyclic amines) is 1. The summed E-state index contributed by atoms with van der Waals surface area (Å²) in [7, 11) is 0. The molecule has 2 N–H and O–H groups in total. The summed E-state index contributed by atoms with van der Waals surface area (Å²) < 4.78 is 0. The molecule has 0 spiro atoms. The maximum Gasteiger partial charge on any atom is 0.271 e. The highest BCUT2D eigenvalue weighted by Gasteiger charge is 2.33. The Hall–Kier alpha value is -2.93.